The van der Waals surface area contributed by atoms with Crippen LogP contribution in [0.15, 0.2) is 71.6 Å². The number of anilines is 2. The van der Waals surface area contributed by atoms with Crippen LogP contribution in [-0.2, 0) is 16.6 Å². The first-order valence-corrected chi connectivity index (χ1v) is 13.4. The Morgan fingerprint density at radius 1 is 1.00 bits per heavy atom. The number of nitrogens with zero attached hydrogens (tertiary/aromatic N) is 2. The molecular weight excluding hydrogens is 501 g/mol. The molecule has 3 aromatic rings. The van der Waals surface area contributed by atoms with Gasteiger partial charge >= 0.3 is 0 Å². The number of carbonyl (C=O) groups excluding carboxylic acids is 1. The molecule has 0 saturated carbocycles. The third-order valence-corrected chi connectivity index (χ3v) is 8.22. The van der Waals surface area contributed by atoms with Gasteiger partial charge in [0.25, 0.3) is 5.91 Å². The fourth-order valence-electron chi connectivity index (χ4n) is 3.77. The van der Waals surface area contributed by atoms with Crippen LogP contribution >= 0.6 is 11.6 Å². The number of rotatable bonds is 9. The summed E-state index contributed by atoms with van der Waals surface area (Å²) in [6.07, 6.45) is 0. The predicted octanol–water partition coefficient (Wildman–Crippen LogP) is 6.03. The molecule has 1 unspecified atom stereocenters. The maximum absolute atomic E-state index is 13.7. The van der Waals surface area contributed by atoms with E-state index in [2.05, 4.69) is 5.32 Å². The summed E-state index contributed by atoms with van der Waals surface area (Å²) in [6, 6.07) is 16.6. The molecule has 0 aliphatic heterocycles. The van der Waals surface area contributed by atoms with E-state index in [-0.39, 0.29) is 29.0 Å². The third-order valence-electron chi connectivity index (χ3n) is 6.05. The standard InChI is InChI=1S/C27H31ClFN3O3S/c1-18(2)19(3)32(36(34,35)25-11-7-9-22(28)16-25)17-21-15-24(12-13-26(21)31(4)5)30-27(33)20-8-6-10-23(29)14-20/h6-16,18-19H,17H2,1-5H3,(H,30,33). The Morgan fingerprint density at radius 2 is 1.69 bits per heavy atom. The summed E-state index contributed by atoms with van der Waals surface area (Å²) < 4.78 is 42.5. The smallest absolute Gasteiger partial charge is 0.255 e. The first-order chi connectivity index (χ1) is 16.9. The van der Waals surface area contributed by atoms with Gasteiger partial charge in [0, 0.05) is 48.6 Å². The summed E-state index contributed by atoms with van der Waals surface area (Å²) >= 11 is 6.10. The highest BCUT2D eigenvalue weighted by Gasteiger charge is 2.32. The van der Waals surface area contributed by atoms with Crippen LogP contribution in [0.4, 0.5) is 15.8 Å². The van der Waals surface area contributed by atoms with Gasteiger partial charge in [-0.05, 0) is 73.0 Å². The average Bonchev–Trinajstić information content (AvgIpc) is 2.81. The highest BCUT2D eigenvalue weighted by atomic mass is 35.5. The Balaban J connectivity index is 2.02. The number of hydrogen-bond donors (Lipinski definition) is 1. The van der Waals surface area contributed by atoms with Crippen molar-refractivity contribution in [1.29, 1.82) is 0 Å². The molecule has 0 fully saturated rings. The molecule has 3 aromatic carbocycles. The van der Waals surface area contributed by atoms with Gasteiger partial charge in [0.1, 0.15) is 5.82 Å². The molecule has 0 saturated heterocycles. The van der Waals surface area contributed by atoms with E-state index in [0.29, 0.717) is 16.3 Å². The van der Waals surface area contributed by atoms with Gasteiger partial charge in [0.05, 0.1) is 4.90 Å². The van der Waals surface area contributed by atoms with Gasteiger partial charge in [0.15, 0.2) is 0 Å². The molecule has 192 valence electrons. The molecule has 0 aliphatic rings. The molecule has 0 aliphatic carbocycles. The van der Waals surface area contributed by atoms with Crippen molar-refractivity contribution < 1.29 is 17.6 Å². The summed E-state index contributed by atoms with van der Waals surface area (Å²) in [5.41, 5.74) is 2.17. The lowest BCUT2D eigenvalue weighted by molar-refractivity contribution is 0.102. The fourth-order valence-corrected chi connectivity index (χ4v) is 5.81. The molecule has 0 heterocycles. The molecule has 0 aromatic heterocycles. The molecule has 0 bridgehead atoms. The number of carbonyl (C=O) groups is 1. The van der Waals surface area contributed by atoms with E-state index in [1.54, 1.807) is 24.3 Å². The molecule has 0 radical (unpaired) electrons. The van der Waals surface area contributed by atoms with Gasteiger partial charge in [-0.1, -0.05) is 37.6 Å². The first kappa shape index (κ1) is 27.6. The number of nitrogens with one attached hydrogen (secondary N) is 1. The number of benzene rings is 3. The molecular formula is C27H31ClFN3O3S. The number of amides is 1. The second-order valence-corrected chi connectivity index (χ2v) is 11.5. The van der Waals surface area contributed by atoms with Crippen LogP contribution < -0.4 is 10.2 Å². The fraction of sp³-hybridized carbons (Fsp3) is 0.296. The van der Waals surface area contributed by atoms with E-state index in [1.807, 2.05) is 45.8 Å². The summed E-state index contributed by atoms with van der Waals surface area (Å²) in [4.78, 5) is 14.7. The largest absolute Gasteiger partial charge is 0.377 e. The van der Waals surface area contributed by atoms with E-state index < -0.39 is 21.7 Å². The summed E-state index contributed by atoms with van der Waals surface area (Å²) in [6.45, 7) is 5.88. The zero-order valence-electron chi connectivity index (χ0n) is 21.0. The van der Waals surface area contributed by atoms with Crippen LogP contribution in [0.2, 0.25) is 5.02 Å². The van der Waals surface area contributed by atoms with Crippen LogP contribution in [0.3, 0.4) is 0 Å². The summed E-state index contributed by atoms with van der Waals surface area (Å²) in [7, 11) is -0.158. The molecule has 9 heteroatoms. The van der Waals surface area contributed by atoms with Crippen LogP contribution in [0.1, 0.15) is 36.7 Å². The highest BCUT2D eigenvalue weighted by molar-refractivity contribution is 7.89. The number of sulfonamides is 1. The Bertz CT molecular complexity index is 1350. The van der Waals surface area contributed by atoms with E-state index in [1.165, 1.54) is 34.6 Å². The molecule has 3 rings (SSSR count). The minimum absolute atomic E-state index is 0.0395. The molecule has 6 nitrogen and oxygen atoms in total. The van der Waals surface area contributed by atoms with Gasteiger partial charge in [-0.2, -0.15) is 4.31 Å². The van der Waals surface area contributed by atoms with Crippen molar-refractivity contribution >= 4 is 38.9 Å². The lowest BCUT2D eigenvalue weighted by Gasteiger charge is -2.32. The van der Waals surface area contributed by atoms with Crippen molar-refractivity contribution in [1.82, 2.24) is 4.31 Å². The van der Waals surface area contributed by atoms with Gasteiger partial charge in [-0.25, -0.2) is 12.8 Å². The Morgan fingerprint density at radius 3 is 2.31 bits per heavy atom. The second-order valence-electron chi connectivity index (χ2n) is 9.19. The van der Waals surface area contributed by atoms with Crippen LogP contribution in [0, 0.1) is 11.7 Å². The normalized spacial score (nSPS) is 12.6. The van der Waals surface area contributed by atoms with E-state index in [9.17, 15) is 17.6 Å². The maximum Gasteiger partial charge on any atom is 0.255 e. The van der Waals surface area contributed by atoms with Crippen molar-refractivity contribution in [3.8, 4) is 0 Å². The van der Waals surface area contributed by atoms with Crippen molar-refractivity contribution in [2.45, 2.75) is 38.3 Å². The van der Waals surface area contributed by atoms with Crippen molar-refractivity contribution in [3.63, 3.8) is 0 Å². The highest BCUT2D eigenvalue weighted by Crippen LogP contribution is 2.30. The maximum atomic E-state index is 13.7. The Labute approximate surface area is 217 Å². The monoisotopic (exact) mass is 531 g/mol. The molecule has 1 atom stereocenters. The van der Waals surface area contributed by atoms with Crippen LogP contribution in [0.25, 0.3) is 0 Å². The quantitative estimate of drug-likeness (QED) is 0.366. The Kier molecular flexibility index (Phi) is 8.76. The minimum Gasteiger partial charge on any atom is -0.377 e. The summed E-state index contributed by atoms with van der Waals surface area (Å²) in [5.74, 6) is -0.925. The first-order valence-electron chi connectivity index (χ1n) is 11.5. The van der Waals surface area contributed by atoms with Gasteiger partial charge < -0.3 is 10.2 Å². The van der Waals surface area contributed by atoms with Crippen LogP contribution in [-0.4, -0.2) is 38.8 Å². The minimum atomic E-state index is -3.89. The predicted molar refractivity (Wildman–Crippen MR) is 144 cm³/mol. The molecule has 0 spiro atoms. The van der Waals surface area contributed by atoms with Gasteiger partial charge in [-0.15, -0.1) is 0 Å². The lowest BCUT2D eigenvalue weighted by Crippen LogP contribution is -2.41. The zero-order chi connectivity index (χ0) is 26.6. The average molecular weight is 532 g/mol. The molecule has 36 heavy (non-hydrogen) atoms. The molecule has 1 amide bonds. The zero-order valence-corrected chi connectivity index (χ0v) is 22.6. The Hall–Kier alpha value is -2.94. The van der Waals surface area contributed by atoms with Crippen molar-refractivity contribution in [2.75, 3.05) is 24.3 Å². The van der Waals surface area contributed by atoms with E-state index in [0.717, 1.165) is 11.8 Å². The number of halogens is 2. The van der Waals surface area contributed by atoms with Crippen molar-refractivity contribution in [3.05, 3.63) is 88.7 Å². The van der Waals surface area contributed by atoms with Crippen LogP contribution in [0.5, 0.6) is 0 Å². The third kappa shape index (κ3) is 6.43. The van der Waals surface area contributed by atoms with Gasteiger partial charge in [-0.3, -0.25) is 4.79 Å². The number of hydrogen-bond acceptors (Lipinski definition) is 4. The van der Waals surface area contributed by atoms with E-state index in [4.69, 9.17) is 11.6 Å². The lowest BCUT2D eigenvalue weighted by atomic mass is 10.1. The summed E-state index contributed by atoms with van der Waals surface area (Å²) in [5, 5.41) is 3.12. The van der Waals surface area contributed by atoms with Gasteiger partial charge in [0.2, 0.25) is 10.0 Å². The molecule has 1 N–H and O–H groups in total. The van der Waals surface area contributed by atoms with Crippen molar-refractivity contribution in [2.24, 2.45) is 5.92 Å². The SMILES string of the molecule is CC(C)C(C)N(Cc1cc(NC(=O)c2cccc(F)c2)ccc1N(C)C)S(=O)(=O)c1cccc(Cl)c1. The van der Waals surface area contributed by atoms with E-state index >= 15 is 0 Å². The second kappa shape index (κ2) is 11.4. The topological polar surface area (TPSA) is 69.7 Å².